The lowest BCUT2D eigenvalue weighted by Gasteiger charge is -2.15. The molecule has 1 aromatic heterocycles. The Morgan fingerprint density at radius 3 is 2.83 bits per heavy atom. The Hall–Kier alpha value is -0.500. The summed E-state index contributed by atoms with van der Waals surface area (Å²) in [5.41, 5.74) is 2.52. The number of hydrogen-bond acceptors (Lipinski definition) is 5. The van der Waals surface area contributed by atoms with Crippen LogP contribution in [0.2, 0.25) is 0 Å². The predicted molar refractivity (Wildman–Crippen MR) is 75.1 cm³/mol. The number of sulfonamides is 1. The standard InChI is InChI=1S/C11H21N3O2S2/c1-3-12-6-4-5-7-18(15,16)14(2)8-11-9-17-10-13-11/h9-10,12H,3-8H2,1-2H3. The number of hydrogen-bond donors (Lipinski definition) is 1. The van der Waals surface area contributed by atoms with Gasteiger partial charge in [-0.15, -0.1) is 11.3 Å². The quantitative estimate of drug-likeness (QED) is 0.697. The van der Waals surface area contributed by atoms with Crippen molar-refractivity contribution in [2.45, 2.75) is 26.3 Å². The third-order valence-electron chi connectivity index (χ3n) is 2.60. The third kappa shape index (κ3) is 5.43. The molecule has 5 nitrogen and oxygen atoms in total. The first kappa shape index (κ1) is 15.6. The summed E-state index contributed by atoms with van der Waals surface area (Å²) >= 11 is 1.48. The van der Waals surface area contributed by atoms with Crippen LogP contribution in [0, 0.1) is 0 Å². The van der Waals surface area contributed by atoms with Crippen LogP contribution in [0.4, 0.5) is 0 Å². The second kappa shape index (κ2) is 7.83. The predicted octanol–water partition coefficient (Wildman–Crippen LogP) is 1.29. The molecule has 1 heterocycles. The molecule has 0 saturated heterocycles. The SMILES string of the molecule is CCNCCCCS(=O)(=O)N(C)Cc1cscn1. The molecule has 1 aromatic rings. The van der Waals surface area contributed by atoms with Gasteiger partial charge in [-0.2, -0.15) is 4.31 Å². The van der Waals surface area contributed by atoms with Gasteiger partial charge < -0.3 is 5.32 Å². The van der Waals surface area contributed by atoms with Gasteiger partial charge in [0.1, 0.15) is 0 Å². The van der Waals surface area contributed by atoms with Gasteiger partial charge in [-0.3, -0.25) is 0 Å². The number of rotatable bonds is 9. The minimum atomic E-state index is -3.15. The lowest BCUT2D eigenvalue weighted by molar-refractivity contribution is 0.460. The van der Waals surface area contributed by atoms with E-state index in [9.17, 15) is 8.42 Å². The van der Waals surface area contributed by atoms with Crippen LogP contribution in [0.1, 0.15) is 25.5 Å². The summed E-state index contributed by atoms with van der Waals surface area (Å²) in [5, 5.41) is 5.06. The first-order valence-corrected chi connectivity index (χ1v) is 8.63. The van der Waals surface area contributed by atoms with Crippen molar-refractivity contribution in [2.75, 3.05) is 25.9 Å². The van der Waals surface area contributed by atoms with Crippen LogP contribution >= 0.6 is 11.3 Å². The largest absolute Gasteiger partial charge is 0.317 e. The Balaban J connectivity index is 2.33. The van der Waals surface area contributed by atoms with E-state index in [1.54, 1.807) is 12.6 Å². The van der Waals surface area contributed by atoms with E-state index in [-0.39, 0.29) is 5.75 Å². The fraction of sp³-hybridized carbons (Fsp3) is 0.727. The van der Waals surface area contributed by atoms with E-state index in [0.717, 1.165) is 25.2 Å². The monoisotopic (exact) mass is 291 g/mol. The summed E-state index contributed by atoms with van der Waals surface area (Å²) in [6.45, 7) is 4.20. The molecule has 0 bridgehead atoms. The maximum Gasteiger partial charge on any atom is 0.214 e. The summed E-state index contributed by atoms with van der Waals surface area (Å²) in [7, 11) is -1.54. The maximum atomic E-state index is 12.0. The van der Waals surface area contributed by atoms with Crippen LogP contribution in [0.3, 0.4) is 0 Å². The van der Waals surface area contributed by atoms with E-state index in [1.807, 2.05) is 12.3 Å². The number of unbranched alkanes of at least 4 members (excludes halogenated alkanes) is 1. The number of thiazole rings is 1. The van der Waals surface area contributed by atoms with Gasteiger partial charge in [0.2, 0.25) is 10.0 Å². The molecule has 0 saturated carbocycles. The molecular formula is C11H21N3O2S2. The van der Waals surface area contributed by atoms with Crippen molar-refractivity contribution in [3.63, 3.8) is 0 Å². The van der Waals surface area contributed by atoms with Crippen LogP contribution in [-0.2, 0) is 16.6 Å². The van der Waals surface area contributed by atoms with E-state index in [0.29, 0.717) is 13.0 Å². The van der Waals surface area contributed by atoms with E-state index in [1.165, 1.54) is 15.6 Å². The van der Waals surface area contributed by atoms with E-state index >= 15 is 0 Å². The van der Waals surface area contributed by atoms with Crippen molar-refractivity contribution >= 4 is 21.4 Å². The molecule has 0 unspecified atom stereocenters. The van der Waals surface area contributed by atoms with Gasteiger partial charge in [0.05, 0.1) is 23.5 Å². The highest BCUT2D eigenvalue weighted by Crippen LogP contribution is 2.09. The van der Waals surface area contributed by atoms with E-state index in [2.05, 4.69) is 10.3 Å². The molecule has 0 aliphatic rings. The topological polar surface area (TPSA) is 62.3 Å². The number of aromatic nitrogens is 1. The smallest absolute Gasteiger partial charge is 0.214 e. The second-order valence-electron chi connectivity index (χ2n) is 4.11. The fourth-order valence-corrected chi connectivity index (χ4v) is 3.27. The molecule has 18 heavy (non-hydrogen) atoms. The molecule has 1 N–H and O–H groups in total. The molecule has 0 spiro atoms. The Labute approximate surface area is 113 Å². The Bertz CT molecular complexity index is 418. The van der Waals surface area contributed by atoms with Gasteiger partial charge in [-0.1, -0.05) is 6.92 Å². The lowest BCUT2D eigenvalue weighted by atomic mass is 10.3. The Kier molecular flexibility index (Phi) is 6.77. The molecule has 0 aliphatic carbocycles. The maximum absolute atomic E-state index is 12.0. The molecule has 1 rings (SSSR count). The molecular weight excluding hydrogens is 270 g/mol. The summed E-state index contributed by atoms with van der Waals surface area (Å²) in [6, 6.07) is 0. The highest BCUT2D eigenvalue weighted by Gasteiger charge is 2.17. The van der Waals surface area contributed by atoms with Gasteiger partial charge in [0, 0.05) is 12.4 Å². The molecule has 0 aromatic carbocycles. The molecule has 0 aliphatic heterocycles. The zero-order valence-corrected chi connectivity index (χ0v) is 12.6. The molecule has 104 valence electrons. The Morgan fingerprint density at radius 1 is 1.44 bits per heavy atom. The highest BCUT2D eigenvalue weighted by molar-refractivity contribution is 7.89. The van der Waals surface area contributed by atoms with Crippen LogP contribution in [0.15, 0.2) is 10.9 Å². The third-order valence-corrected chi connectivity index (χ3v) is 5.12. The minimum Gasteiger partial charge on any atom is -0.317 e. The van der Waals surface area contributed by atoms with Gasteiger partial charge in [0.25, 0.3) is 0 Å². The van der Waals surface area contributed by atoms with Crippen molar-refractivity contribution in [1.82, 2.24) is 14.6 Å². The first-order chi connectivity index (χ1) is 8.56. The zero-order valence-electron chi connectivity index (χ0n) is 10.9. The van der Waals surface area contributed by atoms with E-state index in [4.69, 9.17) is 0 Å². The molecule has 0 amide bonds. The normalized spacial score (nSPS) is 12.2. The summed E-state index contributed by atoms with van der Waals surface area (Å²) in [4.78, 5) is 4.09. The number of nitrogens with one attached hydrogen (secondary N) is 1. The second-order valence-corrected chi connectivity index (χ2v) is 7.03. The average Bonchev–Trinajstić information content (AvgIpc) is 2.81. The molecule has 0 radical (unpaired) electrons. The van der Waals surface area contributed by atoms with Crippen LogP contribution < -0.4 is 5.32 Å². The zero-order chi connectivity index (χ0) is 13.4. The van der Waals surface area contributed by atoms with Crippen LogP contribution in [0.25, 0.3) is 0 Å². The van der Waals surface area contributed by atoms with Gasteiger partial charge in [-0.05, 0) is 25.9 Å². The highest BCUT2D eigenvalue weighted by atomic mass is 32.2. The molecule has 0 atom stereocenters. The molecule has 7 heteroatoms. The van der Waals surface area contributed by atoms with Gasteiger partial charge in [0.15, 0.2) is 0 Å². The Morgan fingerprint density at radius 2 is 2.22 bits per heavy atom. The molecule has 0 fully saturated rings. The average molecular weight is 291 g/mol. The summed E-state index contributed by atoms with van der Waals surface area (Å²) in [5.74, 6) is 0.207. The van der Waals surface area contributed by atoms with Gasteiger partial charge in [-0.25, -0.2) is 13.4 Å². The van der Waals surface area contributed by atoms with Gasteiger partial charge >= 0.3 is 0 Å². The summed E-state index contributed by atoms with van der Waals surface area (Å²) < 4.78 is 25.3. The van der Waals surface area contributed by atoms with Crippen molar-refractivity contribution in [1.29, 1.82) is 0 Å². The van der Waals surface area contributed by atoms with Crippen molar-refractivity contribution in [3.05, 3.63) is 16.6 Å². The van der Waals surface area contributed by atoms with Crippen molar-refractivity contribution in [2.24, 2.45) is 0 Å². The van der Waals surface area contributed by atoms with Crippen molar-refractivity contribution in [3.8, 4) is 0 Å². The number of nitrogens with zero attached hydrogens (tertiary/aromatic N) is 2. The van der Waals surface area contributed by atoms with Crippen LogP contribution in [-0.4, -0.2) is 43.6 Å². The van der Waals surface area contributed by atoms with E-state index < -0.39 is 10.0 Å². The van der Waals surface area contributed by atoms with Crippen LogP contribution in [0.5, 0.6) is 0 Å². The van der Waals surface area contributed by atoms with Crippen molar-refractivity contribution < 1.29 is 8.42 Å². The first-order valence-electron chi connectivity index (χ1n) is 6.08. The summed E-state index contributed by atoms with van der Waals surface area (Å²) in [6.07, 6.45) is 1.58. The fourth-order valence-electron chi connectivity index (χ4n) is 1.51. The lowest BCUT2D eigenvalue weighted by Crippen LogP contribution is -2.29. The minimum absolute atomic E-state index is 0.207.